The first kappa shape index (κ1) is 11.0. The molecule has 0 aliphatic carbocycles. The topological polar surface area (TPSA) is 30.2 Å². The fraction of sp³-hybridized carbons (Fsp3) is 0. The van der Waals surface area contributed by atoms with Crippen molar-refractivity contribution in [2.45, 2.75) is 0 Å². The molecule has 0 spiro atoms. The van der Waals surface area contributed by atoms with Crippen molar-refractivity contribution in [3.63, 3.8) is 0 Å². The van der Waals surface area contributed by atoms with E-state index in [-0.39, 0.29) is 5.78 Å². The van der Waals surface area contributed by atoms with Gasteiger partial charge in [0.15, 0.2) is 5.76 Å². The largest absolute Gasteiger partial charge is 0.461 e. The highest BCUT2D eigenvalue weighted by Crippen LogP contribution is 2.01. The Bertz CT molecular complexity index is 566. The van der Waals surface area contributed by atoms with Crippen molar-refractivity contribution in [1.82, 2.24) is 0 Å². The summed E-state index contributed by atoms with van der Waals surface area (Å²) in [4.78, 5) is 11.5. The second-order valence-electron chi connectivity index (χ2n) is 3.31. The number of rotatable bonds is 2. The van der Waals surface area contributed by atoms with Crippen molar-refractivity contribution in [3.8, 4) is 11.8 Å². The van der Waals surface area contributed by atoms with Crippen LogP contribution in [-0.4, -0.2) is 5.78 Å². The molecule has 0 saturated heterocycles. The average Bonchev–Trinajstić information content (AvgIpc) is 2.89. The Kier molecular flexibility index (Phi) is 3.57. The molecule has 0 aliphatic rings. The molecule has 1 heterocycles. The standard InChI is InChI=1S/C15H10O2/c16-14(15-11-6-12-17-15)10-5-4-9-13-7-2-1-3-8-13/h1-3,5-8,10-12H/b10-5+. The quantitative estimate of drug-likeness (QED) is 0.444. The van der Waals surface area contributed by atoms with Crippen LogP contribution in [-0.2, 0) is 0 Å². The number of ketones is 1. The molecule has 0 atom stereocenters. The van der Waals surface area contributed by atoms with E-state index in [2.05, 4.69) is 11.8 Å². The second-order valence-corrected chi connectivity index (χ2v) is 3.31. The minimum atomic E-state index is -0.183. The number of furan rings is 1. The lowest BCUT2D eigenvalue weighted by atomic mass is 10.2. The van der Waals surface area contributed by atoms with Crippen molar-refractivity contribution in [2.75, 3.05) is 0 Å². The molecule has 0 unspecified atom stereocenters. The van der Waals surface area contributed by atoms with Gasteiger partial charge in [0.05, 0.1) is 6.26 Å². The normalized spacial score (nSPS) is 9.88. The molecule has 2 aromatic rings. The highest BCUT2D eigenvalue weighted by atomic mass is 16.3. The zero-order valence-electron chi connectivity index (χ0n) is 9.09. The van der Waals surface area contributed by atoms with Gasteiger partial charge < -0.3 is 4.42 Å². The number of benzene rings is 1. The van der Waals surface area contributed by atoms with Crippen LogP contribution in [0.3, 0.4) is 0 Å². The Morgan fingerprint density at radius 2 is 1.94 bits per heavy atom. The van der Waals surface area contributed by atoms with E-state index in [1.54, 1.807) is 12.1 Å². The van der Waals surface area contributed by atoms with E-state index in [9.17, 15) is 4.79 Å². The van der Waals surface area contributed by atoms with Gasteiger partial charge in [0, 0.05) is 5.56 Å². The SMILES string of the molecule is O=C(/C=C/C#Cc1ccccc1)c1ccco1. The molecule has 0 fully saturated rings. The molecule has 0 bridgehead atoms. The molecule has 0 amide bonds. The smallest absolute Gasteiger partial charge is 0.221 e. The monoisotopic (exact) mass is 222 g/mol. The van der Waals surface area contributed by atoms with Crippen LogP contribution in [0.1, 0.15) is 16.1 Å². The minimum Gasteiger partial charge on any atom is -0.461 e. The maximum Gasteiger partial charge on any atom is 0.221 e. The molecule has 2 nitrogen and oxygen atoms in total. The fourth-order valence-electron chi connectivity index (χ4n) is 1.26. The average molecular weight is 222 g/mol. The van der Waals surface area contributed by atoms with E-state index in [1.807, 2.05) is 30.3 Å². The van der Waals surface area contributed by atoms with Crippen LogP contribution >= 0.6 is 0 Å². The number of carbonyl (C=O) groups excluding carboxylic acids is 1. The van der Waals surface area contributed by atoms with E-state index in [0.717, 1.165) is 5.56 Å². The summed E-state index contributed by atoms with van der Waals surface area (Å²) >= 11 is 0. The Morgan fingerprint density at radius 3 is 2.65 bits per heavy atom. The third-order valence-electron chi connectivity index (χ3n) is 2.07. The highest BCUT2D eigenvalue weighted by Gasteiger charge is 2.02. The summed E-state index contributed by atoms with van der Waals surface area (Å²) in [7, 11) is 0. The van der Waals surface area contributed by atoms with Gasteiger partial charge in [-0.1, -0.05) is 30.0 Å². The first-order valence-corrected chi connectivity index (χ1v) is 5.17. The predicted molar refractivity (Wildman–Crippen MR) is 65.5 cm³/mol. The maximum absolute atomic E-state index is 11.5. The van der Waals surface area contributed by atoms with Gasteiger partial charge in [-0.3, -0.25) is 4.79 Å². The summed E-state index contributed by atoms with van der Waals surface area (Å²) in [6.45, 7) is 0. The number of hydrogen-bond donors (Lipinski definition) is 0. The Labute approximate surface area is 99.6 Å². The van der Waals surface area contributed by atoms with Gasteiger partial charge in [-0.2, -0.15) is 0 Å². The summed E-state index contributed by atoms with van der Waals surface area (Å²) in [5.41, 5.74) is 0.919. The lowest BCUT2D eigenvalue weighted by molar-refractivity contribution is 0.102. The van der Waals surface area contributed by atoms with Gasteiger partial charge in [0.1, 0.15) is 0 Å². The molecule has 2 heteroatoms. The fourth-order valence-corrected chi connectivity index (χ4v) is 1.26. The molecule has 2 rings (SSSR count). The molecular weight excluding hydrogens is 212 g/mol. The molecule has 1 aromatic carbocycles. The summed E-state index contributed by atoms with van der Waals surface area (Å²) in [6.07, 6.45) is 4.39. The van der Waals surface area contributed by atoms with Crippen molar-refractivity contribution >= 4 is 5.78 Å². The molecule has 0 saturated carbocycles. The predicted octanol–water partition coefficient (Wildman–Crippen LogP) is 3.07. The number of allylic oxidation sites excluding steroid dienone is 2. The summed E-state index contributed by atoms with van der Waals surface area (Å²) in [6, 6.07) is 12.9. The molecule has 0 radical (unpaired) electrons. The van der Waals surface area contributed by atoms with Crippen molar-refractivity contribution in [1.29, 1.82) is 0 Å². The van der Waals surface area contributed by atoms with E-state index < -0.39 is 0 Å². The van der Waals surface area contributed by atoms with Crippen LogP contribution in [0.15, 0.2) is 65.3 Å². The van der Waals surface area contributed by atoms with Crippen LogP contribution in [0.2, 0.25) is 0 Å². The van der Waals surface area contributed by atoms with E-state index in [4.69, 9.17) is 4.42 Å². The minimum absolute atomic E-state index is 0.183. The van der Waals surface area contributed by atoms with Gasteiger partial charge in [-0.25, -0.2) is 0 Å². The lowest BCUT2D eigenvalue weighted by Crippen LogP contribution is -1.89. The van der Waals surface area contributed by atoms with Gasteiger partial charge in [0.2, 0.25) is 5.78 Å². The Morgan fingerprint density at radius 1 is 1.12 bits per heavy atom. The summed E-state index contributed by atoms with van der Waals surface area (Å²) in [5, 5.41) is 0. The molecular formula is C15H10O2. The maximum atomic E-state index is 11.5. The van der Waals surface area contributed by atoms with Gasteiger partial charge in [-0.05, 0) is 36.4 Å². The van der Waals surface area contributed by atoms with Gasteiger partial charge in [0.25, 0.3) is 0 Å². The molecule has 0 aliphatic heterocycles. The zero-order chi connectivity index (χ0) is 11.9. The van der Waals surface area contributed by atoms with Gasteiger partial charge >= 0.3 is 0 Å². The Hall–Kier alpha value is -2.53. The van der Waals surface area contributed by atoms with E-state index >= 15 is 0 Å². The van der Waals surface area contributed by atoms with Crippen LogP contribution in [0.25, 0.3) is 0 Å². The van der Waals surface area contributed by atoms with Crippen molar-refractivity contribution in [3.05, 3.63) is 72.2 Å². The third-order valence-corrected chi connectivity index (χ3v) is 2.07. The van der Waals surface area contributed by atoms with Crippen molar-refractivity contribution < 1.29 is 9.21 Å². The molecule has 1 aromatic heterocycles. The summed E-state index contributed by atoms with van der Waals surface area (Å²) in [5.74, 6) is 5.87. The zero-order valence-corrected chi connectivity index (χ0v) is 9.09. The van der Waals surface area contributed by atoms with Crippen molar-refractivity contribution in [2.24, 2.45) is 0 Å². The van der Waals surface area contributed by atoms with E-state index in [1.165, 1.54) is 18.4 Å². The van der Waals surface area contributed by atoms with Crippen LogP contribution < -0.4 is 0 Å². The lowest BCUT2D eigenvalue weighted by Gasteiger charge is -1.85. The molecule has 82 valence electrons. The molecule has 17 heavy (non-hydrogen) atoms. The summed E-state index contributed by atoms with van der Waals surface area (Å²) < 4.78 is 4.96. The van der Waals surface area contributed by atoms with Crippen LogP contribution in [0, 0.1) is 11.8 Å². The van der Waals surface area contributed by atoms with Crippen LogP contribution in [0.4, 0.5) is 0 Å². The van der Waals surface area contributed by atoms with Gasteiger partial charge in [-0.15, -0.1) is 0 Å². The Balaban J connectivity index is 1.99. The van der Waals surface area contributed by atoms with Crippen LogP contribution in [0.5, 0.6) is 0 Å². The first-order chi connectivity index (χ1) is 8.36. The first-order valence-electron chi connectivity index (χ1n) is 5.17. The third kappa shape index (κ3) is 3.22. The van der Waals surface area contributed by atoms with E-state index in [0.29, 0.717) is 5.76 Å². The molecule has 0 N–H and O–H groups in total. The second kappa shape index (κ2) is 5.53. The number of hydrogen-bond acceptors (Lipinski definition) is 2. The highest BCUT2D eigenvalue weighted by molar-refractivity contribution is 6.02. The number of carbonyl (C=O) groups is 1.